The van der Waals surface area contributed by atoms with Crippen LogP contribution in [-0.2, 0) is 9.59 Å². The third-order valence-electron chi connectivity index (χ3n) is 4.23. The van der Waals surface area contributed by atoms with E-state index in [4.69, 9.17) is 5.73 Å². The van der Waals surface area contributed by atoms with E-state index < -0.39 is 0 Å². The number of hydrogen-bond acceptors (Lipinski definition) is 3. The Hall–Kier alpha value is -1.88. The molecule has 1 rings (SSSR count). The molecule has 0 saturated heterocycles. The van der Waals surface area contributed by atoms with E-state index in [1.54, 1.807) is 0 Å². The topological polar surface area (TPSA) is 75.4 Å². The summed E-state index contributed by atoms with van der Waals surface area (Å²) in [6.07, 6.45) is 4.59. The molecular formula is C20H33N3O2. The Labute approximate surface area is 152 Å². The highest BCUT2D eigenvalue weighted by Gasteiger charge is 2.15. The number of nitrogens with zero attached hydrogens (tertiary/aromatic N) is 1. The average molecular weight is 348 g/mol. The summed E-state index contributed by atoms with van der Waals surface area (Å²) in [6.45, 7) is 5.88. The summed E-state index contributed by atoms with van der Waals surface area (Å²) in [5, 5.41) is 3.00. The van der Waals surface area contributed by atoms with Gasteiger partial charge in [0.1, 0.15) is 0 Å². The van der Waals surface area contributed by atoms with E-state index in [-0.39, 0.29) is 17.9 Å². The number of nitrogens with one attached hydrogen (secondary N) is 1. The van der Waals surface area contributed by atoms with Gasteiger partial charge in [-0.15, -0.1) is 0 Å². The van der Waals surface area contributed by atoms with Crippen molar-refractivity contribution in [3.05, 3.63) is 35.9 Å². The second-order valence-electron chi connectivity index (χ2n) is 6.43. The van der Waals surface area contributed by atoms with E-state index in [1.165, 1.54) is 0 Å². The van der Waals surface area contributed by atoms with Gasteiger partial charge in [0.15, 0.2) is 0 Å². The Balaban J connectivity index is 2.39. The molecule has 3 N–H and O–H groups in total. The van der Waals surface area contributed by atoms with Gasteiger partial charge in [0.05, 0.1) is 6.04 Å². The first-order valence-electron chi connectivity index (χ1n) is 9.40. The van der Waals surface area contributed by atoms with Crippen LogP contribution >= 0.6 is 0 Å². The molecule has 1 aromatic rings. The van der Waals surface area contributed by atoms with Crippen molar-refractivity contribution in [3.8, 4) is 0 Å². The van der Waals surface area contributed by atoms with Crippen molar-refractivity contribution in [1.29, 1.82) is 0 Å². The number of amides is 2. The number of unbranched alkanes of at least 4 members (excludes halogenated alkanes) is 2. The molecular weight excluding hydrogens is 314 g/mol. The molecule has 0 heterocycles. The molecule has 0 aliphatic heterocycles. The molecule has 0 aromatic heterocycles. The lowest BCUT2D eigenvalue weighted by Gasteiger charge is -2.22. The normalized spacial score (nSPS) is 11.8. The van der Waals surface area contributed by atoms with Crippen LogP contribution in [0.4, 0.5) is 0 Å². The highest BCUT2D eigenvalue weighted by atomic mass is 16.2. The lowest BCUT2D eigenvalue weighted by molar-refractivity contribution is -0.132. The van der Waals surface area contributed by atoms with Gasteiger partial charge in [-0.3, -0.25) is 9.59 Å². The van der Waals surface area contributed by atoms with Crippen molar-refractivity contribution in [2.75, 3.05) is 19.6 Å². The monoisotopic (exact) mass is 347 g/mol. The molecule has 25 heavy (non-hydrogen) atoms. The predicted octanol–water partition coefficient (Wildman–Crippen LogP) is 3.01. The van der Waals surface area contributed by atoms with Crippen molar-refractivity contribution >= 4 is 11.8 Å². The Bertz CT molecular complexity index is 505. The molecule has 5 heteroatoms. The van der Waals surface area contributed by atoms with E-state index in [2.05, 4.69) is 5.32 Å². The summed E-state index contributed by atoms with van der Waals surface area (Å²) >= 11 is 0. The van der Waals surface area contributed by atoms with Gasteiger partial charge in [0.25, 0.3) is 0 Å². The highest BCUT2D eigenvalue weighted by Crippen LogP contribution is 2.11. The van der Waals surface area contributed by atoms with Crippen LogP contribution in [0.15, 0.2) is 30.3 Å². The number of benzene rings is 1. The highest BCUT2D eigenvalue weighted by molar-refractivity contribution is 5.79. The van der Waals surface area contributed by atoms with Crippen LogP contribution in [0.25, 0.3) is 0 Å². The SMILES string of the molecule is CCCN(CCC(=O)NC(C)c1ccccc1)C(=O)CCCCCN. The number of carbonyl (C=O) groups is 2. The molecule has 0 aliphatic carbocycles. The minimum absolute atomic E-state index is 0.0200. The first-order chi connectivity index (χ1) is 12.1. The summed E-state index contributed by atoms with van der Waals surface area (Å²) in [5.41, 5.74) is 6.56. The van der Waals surface area contributed by atoms with Crippen LogP contribution in [0.3, 0.4) is 0 Å². The summed E-state index contributed by atoms with van der Waals surface area (Å²) in [7, 11) is 0. The fraction of sp³-hybridized carbons (Fsp3) is 0.600. The van der Waals surface area contributed by atoms with Gasteiger partial charge in [0.2, 0.25) is 11.8 Å². The van der Waals surface area contributed by atoms with Crippen molar-refractivity contribution in [2.24, 2.45) is 5.73 Å². The Morgan fingerprint density at radius 1 is 1.08 bits per heavy atom. The molecule has 0 spiro atoms. The number of nitrogens with two attached hydrogens (primary N) is 1. The minimum atomic E-state index is -0.0275. The van der Waals surface area contributed by atoms with Gasteiger partial charge in [-0.1, -0.05) is 43.7 Å². The Morgan fingerprint density at radius 2 is 1.80 bits per heavy atom. The molecule has 0 aliphatic rings. The molecule has 5 nitrogen and oxygen atoms in total. The molecule has 2 amide bonds. The molecule has 0 radical (unpaired) electrons. The smallest absolute Gasteiger partial charge is 0.222 e. The standard InChI is InChI=1S/C20H33N3O2/c1-3-15-23(20(25)12-8-5-9-14-21)16-13-19(24)22-17(2)18-10-6-4-7-11-18/h4,6-7,10-11,17H,3,5,8-9,12-16,21H2,1-2H3,(H,22,24). The van der Waals surface area contributed by atoms with Gasteiger partial charge < -0.3 is 16.0 Å². The Kier molecular flexibility index (Phi) is 10.6. The van der Waals surface area contributed by atoms with Crippen LogP contribution in [0.2, 0.25) is 0 Å². The van der Waals surface area contributed by atoms with Crippen LogP contribution in [-0.4, -0.2) is 36.3 Å². The van der Waals surface area contributed by atoms with Crippen LogP contribution < -0.4 is 11.1 Å². The zero-order chi connectivity index (χ0) is 18.5. The second-order valence-corrected chi connectivity index (χ2v) is 6.43. The minimum Gasteiger partial charge on any atom is -0.350 e. The summed E-state index contributed by atoms with van der Waals surface area (Å²) in [6, 6.07) is 9.85. The molecule has 0 bridgehead atoms. The van der Waals surface area contributed by atoms with Gasteiger partial charge in [0, 0.05) is 25.9 Å². The van der Waals surface area contributed by atoms with Gasteiger partial charge in [-0.25, -0.2) is 0 Å². The first-order valence-corrected chi connectivity index (χ1v) is 9.40. The molecule has 0 saturated carbocycles. The second kappa shape index (κ2) is 12.5. The number of hydrogen-bond donors (Lipinski definition) is 2. The van der Waals surface area contributed by atoms with Crippen molar-refractivity contribution in [2.45, 2.75) is 58.4 Å². The predicted molar refractivity (Wildman–Crippen MR) is 102 cm³/mol. The van der Waals surface area contributed by atoms with Gasteiger partial charge >= 0.3 is 0 Å². The number of carbonyl (C=O) groups excluding carboxylic acids is 2. The van der Waals surface area contributed by atoms with Crippen LogP contribution in [0.1, 0.15) is 64.0 Å². The third-order valence-corrected chi connectivity index (χ3v) is 4.23. The third kappa shape index (κ3) is 8.68. The fourth-order valence-corrected chi connectivity index (χ4v) is 2.76. The molecule has 1 aromatic carbocycles. The Morgan fingerprint density at radius 3 is 2.44 bits per heavy atom. The van der Waals surface area contributed by atoms with E-state index in [9.17, 15) is 9.59 Å². The zero-order valence-corrected chi connectivity index (χ0v) is 15.7. The zero-order valence-electron chi connectivity index (χ0n) is 15.7. The molecule has 0 fully saturated rings. The molecule has 1 unspecified atom stereocenters. The summed E-state index contributed by atoms with van der Waals surface area (Å²) in [4.78, 5) is 26.3. The van der Waals surface area contributed by atoms with Crippen molar-refractivity contribution in [3.63, 3.8) is 0 Å². The van der Waals surface area contributed by atoms with Crippen LogP contribution in [0.5, 0.6) is 0 Å². The van der Waals surface area contributed by atoms with E-state index in [0.29, 0.717) is 32.5 Å². The summed E-state index contributed by atoms with van der Waals surface area (Å²) < 4.78 is 0. The van der Waals surface area contributed by atoms with E-state index in [0.717, 1.165) is 31.2 Å². The first kappa shape index (κ1) is 21.2. The fourth-order valence-electron chi connectivity index (χ4n) is 2.76. The maximum atomic E-state index is 12.3. The largest absolute Gasteiger partial charge is 0.350 e. The maximum Gasteiger partial charge on any atom is 0.222 e. The quantitative estimate of drug-likeness (QED) is 0.571. The van der Waals surface area contributed by atoms with Gasteiger partial charge in [-0.2, -0.15) is 0 Å². The molecule has 140 valence electrons. The van der Waals surface area contributed by atoms with Crippen molar-refractivity contribution < 1.29 is 9.59 Å². The number of rotatable bonds is 12. The lowest BCUT2D eigenvalue weighted by atomic mass is 10.1. The maximum absolute atomic E-state index is 12.3. The van der Waals surface area contributed by atoms with E-state index in [1.807, 2.05) is 49.1 Å². The summed E-state index contributed by atoms with van der Waals surface area (Å²) in [5.74, 6) is 0.121. The van der Waals surface area contributed by atoms with Crippen molar-refractivity contribution in [1.82, 2.24) is 10.2 Å². The lowest BCUT2D eigenvalue weighted by Crippen LogP contribution is -2.36. The van der Waals surface area contributed by atoms with Gasteiger partial charge in [-0.05, 0) is 38.3 Å². The van der Waals surface area contributed by atoms with E-state index >= 15 is 0 Å². The molecule has 1 atom stereocenters. The van der Waals surface area contributed by atoms with Crippen LogP contribution in [0, 0.1) is 0 Å². The average Bonchev–Trinajstić information content (AvgIpc) is 2.62.